The molecule has 0 unspecified atom stereocenters. The van der Waals surface area contributed by atoms with Crippen LogP contribution in [-0.2, 0) is 16.1 Å². The Kier molecular flexibility index (Phi) is 7.81. The fourth-order valence-electron chi connectivity index (χ4n) is 5.71. The third-order valence-electron chi connectivity index (χ3n) is 7.96. The summed E-state index contributed by atoms with van der Waals surface area (Å²) in [6, 6.07) is 4.33. The Balaban J connectivity index is 1.30. The van der Waals surface area contributed by atoms with Crippen LogP contribution in [0, 0.1) is 19.7 Å². The summed E-state index contributed by atoms with van der Waals surface area (Å²) in [7, 11) is 0. The Morgan fingerprint density at radius 3 is 2.55 bits per heavy atom. The number of nitrogens with one attached hydrogen (secondary N) is 1. The quantitative estimate of drug-likeness (QED) is 0.0935. The predicted octanol–water partition coefficient (Wildman–Crippen LogP) is 1.09. The second-order valence-corrected chi connectivity index (χ2v) is 16.4. The van der Waals surface area contributed by atoms with Gasteiger partial charge < -0.3 is 5.11 Å². The molecular formula is C30H29BrFIN7O4-. The van der Waals surface area contributed by atoms with Gasteiger partial charge in [0.2, 0.25) is 0 Å². The van der Waals surface area contributed by atoms with Gasteiger partial charge in [0.15, 0.2) is 5.82 Å². The number of benzene rings is 1. The zero-order chi connectivity index (χ0) is 31.7. The monoisotopic (exact) mass is 776 g/mol. The Morgan fingerprint density at radius 1 is 1.18 bits per heavy atom. The van der Waals surface area contributed by atoms with Gasteiger partial charge in [-0.1, -0.05) is 0 Å². The van der Waals surface area contributed by atoms with Crippen molar-refractivity contribution in [3.05, 3.63) is 63.7 Å². The van der Waals surface area contributed by atoms with E-state index in [0.29, 0.717) is 34.3 Å². The van der Waals surface area contributed by atoms with Gasteiger partial charge in [0.05, 0.1) is 0 Å². The first kappa shape index (κ1) is 30.6. The van der Waals surface area contributed by atoms with Crippen LogP contribution in [0.25, 0.3) is 22.0 Å². The number of pyridine rings is 1. The average molecular weight is 777 g/mol. The number of ketones is 1. The second-order valence-electron chi connectivity index (χ2n) is 11.4. The van der Waals surface area contributed by atoms with Crippen LogP contribution in [0.4, 0.5) is 10.2 Å². The second kappa shape index (κ2) is 11.2. The molecule has 0 spiro atoms. The summed E-state index contributed by atoms with van der Waals surface area (Å²) in [5.41, 5.74) is 3.64. The van der Waals surface area contributed by atoms with Crippen LogP contribution in [0.1, 0.15) is 60.7 Å². The molecule has 0 aliphatic carbocycles. The first-order valence-electron chi connectivity index (χ1n) is 13.9. The molecule has 2 amide bonds. The molecule has 230 valence electrons. The van der Waals surface area contributed by atoms with Crippen LogP contribution < -0.4 is 26.5 Å². The molecule has 2 aliphatic heterocycles. The number of aromatic nitrogens is 5. The molecule has 0 bridgehead atoms. The zero-order valence-electron chi connectivity index (χ0n) is 24.5. The van der Waals surface area contributed by atoms with Crippen molar-refractivity contribution in [1.29, 1.82) is 0 Å². The Bertz CT molecular complexity index is 1860. The number of nitrogens with zero attached hydrogens (tertiary/aromatic N) is 6. The molecule has 2 aliphatic rings. The molecule has 0 saturated carbocycles. The fraction of sp³-hybridized carbons (Fsp3) is 0.367. The van der Waals surface area contributed by atoms with Crippen molar-refractivity contribution in [3.8, 4) is 11.1 Å². The average Bonchev–Trinajstić information content (AvgIpc) is 3.32. The number of carbonyl (C=O) groups excluding carboxylic acids is 3. The van der Waals surface area contributed by atoms with E-state index in [0.717, 1.165) is 11.1 Å². The molecule has 4 aromatic rings. The van der Waals surface area contributed by atoms with E-state index in [2.05, 4.69) is 48.2 Å². The molecular weight excluding hydrogens is 748 g/mol. The maximum atomic E-state index is 13.9. The number of anilines is 1. The van der Waals surface area contributed by atoms with E-state index in [1.54, 1.807) is 35.8 Å². The number of carbonyl (C=O) groups is 3. The van der Waals surface area contributed by atoms with Crippen molar-refractivity contribution in [2.24, 2.45) is 0 Å². The molecule has 5 heterocycles. The number of fused-ring (bicyclic) bond motifs is 2. The topological polar surface area (TPSA) is 143 Å². The summed E-state index contributed by atoms with van der Waals surface area (Å²) in [5, 5.41) is 17.7. The number of likely N-dealkylation sites (tertiary alicyclic amines) is 1. The molecule has 3 aromatic heterocycles. The van der Waals surface area contributed by atoms with Crippen molar-refractivity contribution in [2.75, 3.05) is 5.32 Å². The molecule has 2 saturated heterocycles. The summed E-state index contributed by atoms with van der Waals surface area (Å²) < 4.78 is 15.4. The van der Waals surface area contributed by atoms with Gasteiger partial charge in [0.25, 0.3) is 0 Å². The van der Waals surface area contributed by atoms with Crippen molar-refractivity contribution in [1.82, 2.24) is 29.6 Å². The van der Waals surface area contributed by atoms with E-state index in [-0.39, 0.29) is 68.9 Å². The van der Waals surface area contributed by atoms with E-state index in [1.165, 1.54) is 13.0 Å². The summed E-state index contributed by atoms with van der Waals surface area (Å²) in [6.45, 7) is 8.52. The third-order valence-corrected chi connectivity index (χ3v) is 12.9. The molecule has 14 heteroatoms. The van der Waals surface area contributed by atoms with E-state index < -0.39 is 18.0 Å². The van der Waals surface area contributed by atoms with Gasteiger partial charge in [-0.15, -0.1) is 0 Å². The summed E-state index contributed by atoms with van der Waals surface area (Å²) in [5.74, 6) is -0.862. The molecule has 2 fully saturated rings. The normalized spacial score (nSPS) is 21.5. The number of amides is 2. The molecule has 4 atom stereocenters. The SMILES string of the molecule is CC(=O)c1nn(CC(=O)N2[C@H](C(=O)Nc3nc(Br)c(F)cc3C)C[C@@]3(C)[I-][C@@H]23)c2c(C)cc(-c3cnc([C@H](C)O)nc3)cc12. The van der Waals surface area contributed by atoms with Crippen LogP contribution in [0.3, 0.4) is 0 Å². The van der Waals surface area contributed by atoms with Crippen LogP contribution in [0.2, 0.25) is 0 Å². The summed E-state index contributed by atoms with van der Waals surface area (Å²) in [4.78, 5) is 54.4. The van der Waals surface area contributed by atoms with Crippen LogP contribution in [0.15, 0.2) is 35.2 Å². The summed E-state index contributed by atoms with van der Waals surface area (Å²) >= 11 is 2.76. The van der Waals surface area contributed by atoms with Gasteiger partial charge in [0, 0.05) is 0 Å². The molecule has 6 rings (SSSR count). The number of Topliss-reactive ketones (excluding diaryl/α,β-unsaturated/α-hetero) is 1. The number of hydrogen-bond acceptors (Lipinski definition) is 8. The van der Waals surface area contributed by atoms with E-state index >= 15 is 0 Å². The number of halogens is 3. The Hall–Kier alpha value is -3.37. The van der Waals surface area contributed by atoms with Gasteiger partial charge in [0.1, 0.15) is 6.10 Å². The number of aryl methyl sites for hydroxylation is 2. The number of rotatable bonds is 7. The minimum atomic E-state index is -0.795. The standard InChI is InChI=1S/C30H29BrFIN7O4/c1-13-6-17(18-10-34-27(16(4)42)35-11-18)8-19-23(15(3)41)38-39(24(13)19)12-22(43)40-21(9-30(5)29(40)33-30)28(44)37-26-14(2)7-20(32)25(31)36-26/h6-8,10-11,16,21,29,42H,9,12H2,1-5H3,(H,36,37,44)/q-1/t16-,21-,29-,30+/m0/s1. The maximum absolute atomic E-state index is 13.9. The Labute approximate surface area is 271 Å². The van der Waals surface area contributed by atoms with E-state index in [9.17, 15) is 23.9 Å². The summed E-state index contributed by atoms with van der Waals surface area (Å²) in [6.07, 6.45) is 2.98. The van der Waals surface area contributed by atoms with E-state index in [1.807, 2.05) is 19.1 Å². The number of alkyl halides is 2. The van der Waals surface area contributed by atoms with Gasteiger partial charge in [-0.05, 0) is 6.92 Å². The zero-order valence-corrected chi connectivity index (χ0v) is 28.3. The van der Waals surface area contributed by atoms with E-state index in [4.69, 9.17) is 0 Å². The fourth-order valence-corrected chi connectivity index (χ4v) is 9.39. The van der Waals surface area contributed by atoms with Gasteiger partial charge in [-0.2, -0.15) is 0 Å². The molecule has 44 heavy (non-hydrogen) atoms. The Morgan fingerprint density at radius 2 is 1.89 bits per heavy atom. The first-order chi connectivity index (χ1) is 20.8. The van der Waals surface area contributed by atoms with Crippen LogP contribution in [-0.4, -0.2) is 65.8 Å². The van der Waals surface area contributed by atoms with Crippen molar-refractivity contribution in [2.45, 2.75) is 67.2 Å². The van der Waals surface area contributed by atoms with Crippen molar-refractivity contribution >= 4 is 50.2 Å². The van der Waals surface area contributed by atoms with Gasteiger partial charge >= 0.3 is 248 Å². The molecule has 1 aromatic carbocycles. The van der Waals surface area contributed by atoms with Crippen molar-refractivity contribution < 1.29 is 45.1 Å². The van der Waals surface area contributed by atoms with Crippen molar-refractivity contribution in [3.63, 3.8) is 0 Å². The minimum absolute atomic E-state index is 0.00640. The molecule has 2 N–H and O–H groups in total. The molecule has 11 nitrogen and oxygen atoms in total. The van der Waals surface area contributed by atoms with Gasteiger partial charge in [-0.25, -0.2) is 0 Å². The predicted molar refractivity (Wildman–Crippen MR) is 159 cm³/mol. The van der Waals surface area contributed by atoms with Crippen LogP contribution >= 0.6 is 15.9 Å². The number of aliphatic hydroxyl groups excluding tert-OH is 1. The number of hydrogen-bond donors (Lipinski definition) is 2. The van der Waals surface area contributed by atoms with Crippen LogP contribution in [0.5, 0.6) is 0 Å². The van der Waals surface area contributed by atoms with Gasteiger partial charge in [-0.3, -0.25) is 0 Å². The third kappa shape index (κ3) is 5.40. The number of aliphatic hydroxyl groups is 1. The molecule has 0 radical (unpaired) electrons. The first-order valence-corrected chi connectivity index (χ1v) is 17.0.